The van der Waals surface area contributed by atoms with Crippen molar-refractivity contribution in [3.63, 3.8) is 0 Å². The Kier molecular flexibility index (Phi) is 5.20. The standard InChI is InChI=1S/C24H24N4/c1-3-8-18-9-4-5-10-20(18)26-24-23(25-19-15-13-17(2)14-16-19)27-21-11-6-7-12-22(21)28-24/h4-7,9-16H,3,8H2,1-2H3,(H,25,27)(H,26,28). The summed E-state index contributed by atoms with van der Waals surface area (Å²) in [4.78, 5) is 9.68. The van der Waals surface area contributed by atoms with E-state index in [1.165, 1.54) is 11.1 Å². The van der Waals surface area contributed by atoms with Crippen molar-refractivity contribution in [3.8, 4) is 0 Å². The summed E-state index contributed by atoms with van der Waals surface area (Å²) in [5.41, 5.74) is 6.29. The molecule has 0 aliphatic carbocycles. The second kappa shape index (κ2) is 8.09. The largest absolute Gasteiger partial charge is 0.337 e. The van der Waals surface area contributed by atoms with E-state index in [4.69, 9.17) is 9.97 Å². The molecule has 0 aliphatic rings. The lowest BCUT2D eigenvalue weighted by atomic mass is 10.1. The van der Waals surface area contributed by atoms with E-state index in [9.17, 15) is 0 Å². The first-order valence-corrected chi connectivity index (χ1v) is 9.68. The van der Waals surface area contributed by atoms with Crippen LogP contribution in [0.4, 0.5) is 23.0 Å². The van der Waals surface area contributed by atoms with Crippen LogP contribution in [-0.2, 0) is 6.42 Å². The van der Waals surface area contributed by atoms with E-state index >= 15 is 0 Å². The number of anilines is 4. The fourth-order valence-electron chi connectivity index (χ4n) is 3.21. The lowest BCUT2D eigenvalue weighted by molar-refractivity contribution is 0.923. The van der Waals surface area contributed by atoms with Gasteiger partial charge in [-0.1, -0.05) is 61.4 Å². The van der Waals surface area contributed by atoms with Crippen LogP contribution in [0, 0.1) is 6.92 Å². The molecule has 4 heteroatoms. The van der Waals surface area contributed by atoms with Gasteiger partial charge in [-0.25, -0.2) is 9.97 Å². The average molecular weight is 368 g/mol. The molecule has 140 valence electrons. The van der Waals surface area contributed by atoms with E-state index in [1.54, 1.807) is 0 Å². The summed E-state index contributed by atoms with van der Waals surface area (Å²) in [7, 11) is 0. The van der Waals surface area contributed by atoms with Gasteiger partial charge in [-0.05, 0) is 49.2 Å². The molecule has 0 amide bonds. The smallest absolute Gasteiger partial charge is 0.174 e. The lowest BCUT2D eigenvalue weighted by Crippen LogP contribution is -2.04. The van der Waals surface area contributed by atoms with Crippen molar-refractivity contribution in [2.75, 3.05) is 10.6 Å². The van der Waals surface area contributed by atoms with E-state index < -0.39 is 0 Å². The van der Waals surface area contributed by atoms with Crippen molar-refractivity contribution in [1.29, 1.82) is 0 Å². The van der Waals surface area contributed by atoms with Gasteiger partial charge in [-0.2, -0.15) is 0 Å². The molecular weight excluding hydrogens is 344 g/mol. The number of fused-ring (bicyclic) bond motifs is 1. The lowest BCUT2D eigenvalue weighted by Gasteiger charge is -2.15. The van der Waals surface area contributed by atoms with E-state index in [1.807, 2.05) is 30.3 Å². The summed E-state index contributed by atoms with van der Waals surface area (Å²) in [5.74, 6) is 1.44. The zero-order valence-electron chi connectivity index (χ0n) is 16.2. The van der Waals surface area contributed by atoms with Gasteiger partial charge in [0.05, 0.1) is 11.0 Å². The van der Waals surface area contributed by atoms with Gasteiger partial charge < -0.3 is 10.6 Å². The predicted molar refractivity (Wildman–Crippen MR) is 118 cm³/mol. The SMILES string of the molecule is CCCc1ccccc1Nc1nc2ccccc2nc1Nc1ccc(C)cc1. The summed E-state index contributed by atoms with van der Waals surface area (Å²) < 4.78 is 0. The highest BCUT2D eigenvalue weighted by molar-refractivity contribution is 5.83. The van der Waals surface area contributed by atoms with Crippen LogP contribution in [0.3, 0.4) is 0 Å². The number of rotatable bonds is 6. The van der Waals surface area contributed by atoms with Crippen molar-refractivity contribution in [1.82, 2.24) is 9.97 Å². The second-order valence-electron chi connectivity index (χ2n) is 6.93. The Bertz CT molecular complexity index is 1090. The van der Waals surface area contributed by atoms with Crippen molar-refractivity contribution < 1.29 is 0 Å². The molecule has 4 rings (SSSR count). The highest BCUT2D eigenvalue weighted by Gasteiger charge is 2.11. The van der Waals surface area contributed by atoms with Crippen LogP contribution in [-0.4, -0.2) is 9.97 Å². The first-order chi connectivity index (χ1) is 13.7. The average Bonchev–Trinajstić information content (AvgIpc) is 2.72. The normalized spacial score (nSPS) is 10.8. The number of nitrogens with one attached hydrogen (secondary N) is 2. The molecule has 1 aromatic heterocycles. The minimum Gasteiger partial charge on any atom is -0.337 e. The molecule has 0 saturated heterocycles. The molecule has 4 aromatic rings. The monoisotopic (exact) mass is 368 g/mol. The maximum Gasteiger partial charge on any atom is 0.174 e. The maximum absolute atomic E-state index is 4.85. The number of nitrogens with zero attached hydrogens (tertiary/aromatic N) is 2. The molecule has 3 aromatic carbocycles. The highest BCUT2D eigenvalue weighted by atomic mass is 15.1. The zero-order chi connectivity index (χ0) is 19.3. The third-order valence-corrected chi connectivity index (χ3v) is 4.67. The van der Waals surface area contributed by atoms with Crippen molar-refractivity contribution in [3.05, 3.63) is 83.9 Å². The molecule has 0 bridgehead atoms. The van der Waals surface area contributed by atoms with Crippen LogP contribution in [0.25, 0.3) is 11.0 Å². The first kappa shape index (κ1) is 18.0. The number of hydrogen-bond acceptors (Lipinski definition) is 4. The topological polar surface area (TPSA) is 49.8 Å². The molecular formula is C24H24N4. The quantitative estimate of drug-likeness (QED) is 0.415. The molecule has 0 fully saturated rings. The molecule has 0 atom stereocenters. The van der Waals surface area contributed by atoms with Crippen LogP contribution in [0.1, 0.15) is 24.5 Å². The minimum atomic E-state index is 0.717. The molecule has 0 aliphatic heterocycles. The molecule has 0 saturated carbocycles. The number of benzene rings is 3. The Morgan fingerprint density at radius 1 is 0.714 bits per heavy atom. The van der Waals surface area contributed by atoms with Gasteiger partial charge >= 0.3 is 0 Å². The van der Waals surface area contributed by atoms with Gasteiger partial charge in [0.1, 0.15) is 0 Å². The summed E-state index contributed by atoms with van der Waals surface area (Å²) in [5, 5.41) is 6.94. The Morgan fingerprint density at radius 3 is 2.00 bits per heavy atom. The first-order valence-electron chi connectivity index (χ1n) is 9.68. The van der Waals surface area contributed by atoms with Crippen LogP contribution < -0.4 is 10.6 Å². The third-order valence-electron chi connectivity index (χ3n) is 4.67. The fraction of sp³-hybridized carbons (Fsp3) is 0.167. The van der Waals surface area contributed by atoms with Gasteiger partial charge in [0, 0.05) is 11.4 Å². The van der Waals surface area contributed by atoms with Crippen molar-refractivity contribution >= 4 is 34.0 Å². The van der Waals surface area contributed by atoms with Gasteiger partial charge in [-0.15, -0.1) is 0 Å². The number of aryl methyl sites for hydroxylation is 2. The fourth-order valence-corrected chi connectivity index (χ4v) is 3.21. The maximum atomic E-state index is 4.85. The zero-order valence-corrected chi connectivity index (χ0v) is 16.2. The van der Waals surface area contributed by atoms with E-state index in [2.05, 4.69) is 66.9 Å². The molecule has 4 nitrogen and oxygen atoms in total. The summed E-state index contributed by atoms with van der Waals surface area (Å²) in [6, 6.07) is 24.6. The second-order valence-corrected chi connectivity index (χ2v) is 6.93. The van der Waals surface area contributed by atoms with Gasteiger partial charge in [0.15, 0.2) is 11.6 Å². The summed E-state index contributed by atoms with van der Waals surface area (Å²) >= 11 is 0. The molecule has 2 N–H and O–H groups in total. The van der Waals surface area contributed by atoms with E-state index in [0.29, 0.717) is 5.82 Å². The number of para-hydroxylation sites is 3. The van der Waals surface area contributed by atoms with Crippen LogP contribution in [0.2, 0.25) is 0 Å². The number of hydrogen-bond donors (Lipinski definition) is 2. The predicted octanol–water partition coefficient (Wildman–Crippen LogP) is 6.38. The van der Waals surface area contributed by atoms with Crippen LogP contribution in [0.15, 0.2) is 72.8 Å². The molecule has 0 spiro atoms. The highest BCUT2D eigenvalue weighted by Crippen LogP contribution is 2.29. The Labute approximate surface area is 165 Å². The Morgan fingerprint density at radius 2 is 1.32 bits per heavy atom. The molecule has 1 heterocycles. The van der Waals surface area contributed by atoms with Gasteiger partial charge in [0.2, 0.25) is 0 Å². The molecule has 28 heavy (non-hydrogen) atoms. The van der Waals surface area contributed by atoms with E-state index in [-0.39, 0.29) is 0 Å². The summed E-state index contributed by atoms with van der Waals surface area (Å²) in [6.45, 7) is 4.27. The minimum absolute atomic E-state index is 0.717. The third kappa shape index (κ3) is 3.96. The van der Waals surface area contributed by atoms with Crippen LogP contribution in [0.5, 0.6) is 0 Å². The Hall–Kier alpha value is -3.40. The van der Waals surface area contributed by atoms with Crippen molar-refractivity contribution in [2.24, 2.45) is 0 Å². The number of aromatic nitrogens is 2. The van der Waals surface area contributed by atoms with E-state index in [0.717, 1.165) is 41.1 Å². The van der Waals surface area contributed by atoms with Crippen LogP contribution >= 0.6 is 0 Å². The van der Waals surface area contributed by atoms with Crippen molar-refractivity contribution in [2.45, 2.75) is 26.7 Å². The Balaban J connectivity index is 1.76. The molecule has 0 unspecified atom stereocenters. The van der Waals surface area contributed by atoms with Gasteiger partial charge in [-0.3, -0.25) is 0 Å². The van der Waals surface area contributed by atoms with Gasteiger partial charge in [0.25, 0.3) is 0 Å². The molecule has 0 radical (unpaired) electrons. The summed E-state index contributed by atoms with van der Waals surface area (Å²) in [6.07, 6.45) is 2.11.